The molecule has 0 unspecified atom stereocenters. The second-order valence-corrected chi connectivity index (χ2v) is 4.42. The fraction of sp³-hybridized carbons (Fsp3) is 0.188. The van der Waals surface area contributed by atoms with Gasteiger partial charge in [-0.25, -0.2) is 4.79 Å². The Kier molecular flexibility index (Phi) is 4.66. The van der Waals surface area contributed by atoms with Gasteiger partial charge < -0.3 is 19.9 Å². The highest BCUT2D eigenvalue weighted by Crippen LogP contribution is 2.23. The van der Waals surface area contributed by atoms with Crippen molar-refractivity contribution >= 4 is 11.7 Å². The lowest BCUT2D eigenvalue weighted by atomic mass is 10.1. The first-order valence-electron chi connectivity index (χ1n) is 6.42. The second kappa shape index (κ2) is 6.65. The van der Waals surface area contributed by atoms with Crippen molar-refractivity contribution in [1.29, 1.82) is 0 Å². The number of hydrogen-bond acceptors (Lipinski definition) is 4. The molecule has 2 aromatic carbocycles. The summed E-state index contributed by atoms with van der Waals surface area (Å²) in [5.41, 5.74) is 1.76. The summed E-state index contributed by atoms with van der Waals surface area (Å²) in [7, 11) is 3.16. The van der Waals surface area contributed by atoms with Crippen LogP contribution in [0.3, 0.4) is 0 Å². The van der Waals surface area contributed by atoms with Crippen LogP contribution in [0, 0.1) is 0 Å². The van der Waals surface area contributed by atoms with Gasteiger partial charge >= 0.3 is 5.97 Å². The number of methoxy groups -OCH3 is 2. The molecule has 0 aliphatic carbocycles. The summed E-state index contributed by atoms with van der Waals surface area (Å²) in [5, 5.41) is 12.3. The molecule has 0 aromatic heterocycles. The van der Waals surface area contributed by atoms with E-state index >= 15 is 0 Å². The average molecular weight is 287 g/mol. The van der Waals surface area contributed by atoms with Gasteiger partial charge in [-0.15, -0.1) is 0 Å². The number of benzene rings is 2. The minimum atomic E-state index is -0.977. The maximum absolute atomic E-state index is 11.2. The fourth-order valence-electron chi connectivity index (χ4n) is 1.92. The summed E-state index contributed by atoms with van der Waals surface area (Å²) in [6, 6.07) is 12.4. The molecule has 0 bridgehead atoms. The van der Waals surface area contributed by atoms with Gasteiger partial charge in [-0.2, -0.15) is 0 Å². The molecular weight excluding hydrogens is 270 g/mol. The Balaban J connectivity index is 2.15. The predicted molar refractivity (Wildman–Crippen MR) is 80.3 cm³/mol. The van der Waals surface area contributed by atoms with Gasteiger partial charge in [-0.1, -0.05) is 12.1 Å². The molecule has 21 heavy (non-hydrogen) atoms. The van der Waals surface area contributed by atoms with Gasteiger partial charge in [0.15, 0.2) is 0 Å². The van der Waals surface area contributed by atoms with Crippen LogP contribution in [-0.4, -0.2) is 25.3 Å². The molecule has 0 amide bonds. The SMILES string of the molecule is COc1ccc(CNc2cc(OC)ccc2C(=O)O)cc1. The van der Waals surface area contributed by atoms with Crippen molar-refractivity contribution in [2.75, 3.05) is 19.5 Å². The molecule has 0 saturated heterocycles. The summed E-state index contributed by atoms with van der Waals surface area (Å²) in [6.45, 7) is 0.511. The van der Waals surface area contributed by atoms with E-state index in [1.807, 2.05) is 24.3 Å². The number of nitrogens with one attached hydrogen (secondary N) is 1. The van der Waals surface area contributed by atoms with E-state index < -0.39 is 5.97 Å². The van der Waals surface area contributed by atoms with Crippen molar-refractivity contribution < 1.29 is 19.4 Å². The third-order valence-electron chi connectivity index (χ3n) is 3.10. The van der Waals surface area contributed by atoms with Crippen LogP contribution in [0.1, 0.15) is 15.9 Å². The second-order valence-electron chi connectivity index (χ2n) is 4.42. The first-order valence-corrected chi connectivity index (χ1v) is 6.42. The van der Waals surface area contributed by atoms with Crippen LogP contribution in [0.4, 0.5) is 5.69 Å². The number of carboxylic acids is 1. The molecule has 5 nitrogen and oxygen atoms in total. The number of hydrogen-bond donors (Lipinski definition) is 2. The van der Waals surface area contributed by atoms with E-state index in [4.69, 9.17) is 9.47 Å². The Bertz CT molecular complexity index is 623. The van der Waals surface area contributed by atoms with Crippen LogP contribution in [-0.2, 0) is 6.54 Å². The first kappa shape index (κ1) is 14.7. The van der Waals surface area contributed by atoms with Crippen molar-refractivity contribution in [3.8, 4) is 11.5 Å². The van der Waals surface area contributed by atoms with Gasteiger partial charge in [0, 0.05) is 12.6 Å². The van der Waals surface area contributed by atoms with Crippen molar-refractivity contribution in [3.05, 3.63) is 53.6 Å². The van der Waals surface area contributed by atoms with Crippen LogP contribution in [0.15, 0.2) is 42.5 Å². The van der Waals surface area contributed by atoms with Gasteiger partial charge in [0.25, 0.3) is 0 Å². The minimum absolute atomic E-state index is 0.212. The molecule has 0 spiro atoms. The van der Waals surface area contributed by atoms with Crippen molar-refractivity contribution in [1.82, 2.24) is 0 Å². The van der Waals surface area contributed by atoms with Crippen molar-refractivity contribution in [2.45, 2.75) is 6.54 Å². The zero-order valence-electron chi connectivity index (χ0n) is 11.9. The Labute approximate surface area is 123 Å². The Morgan fingerprint density at radius 3 is 2.24 bits per heavy atom. The van der Waals surface area contributed by atoms with Gasteiger partial charge in [-0.05, 0) is 29.8 Å². The standard InChI is InChI=1S/C16H17NO4/c1-20-12-5-3-11(4-6-12)10-17-15-9-13(21-2)7-8-14(15)16(18)19/h3-9,17H,10H2,1-2H3,(H,18,19). The lowest BCUT2D eigenvalue weighted by molar-refractivity contribution is 0.0698. The van der Waals surface area contributed by atoms with E-state index in [1.54, 1.807) is 26.4 Å². The summed E-state index contributed by atoms with van der Waals surface area (Å²) in [4.78, 5) is 11.2. The lowest BCUT2D eigenvalue weighted by Gasteiger charge is -2.11. The molecule has 0 aliphatic rings. The van der Waals surface area contributed by atoms with Gasteiger partial charge in [-0.3, -0.25) is 0 Å². The first-order chi connectivity index (χ1) is 10.1. The normalized spacial score (nSPS) is 10.0. The van der Waals surface area contributed by atoms with Crippen LogP contribution in [0.5, 0.6) is 11.5 Å². The topological polar surface area (TPSA) is 67.8 Å². The quantitative estimate of drug-likeness (QED) is 0.854. The zero-order chi connectivity index (χ0) is 15.2. The van der Waals surface area contributed by atoms with Gasteiger partial charge in [0.2, 0.25) is 0 Å². The molecule has 2 N–H and O–H groups in total. The summed E-state index contributed by atoms with van der Waals surface area (Å²) in [6.07, 6.45) is 0. The molecule has 2 aromatic rings. The van der Waals surface area contributed by atoms with E-state index in [2.05, 4.69) is 5.32 Å². The molecular formula is C16H17NO4. The Morgan fingerprint density at radius 1 is 1.05 bits per heavy atom. The highest BCUT2D eigenvalue weighted by atomic mass is 16.5. The summed E-state index contributed by atoms with van der Waals surface area (Å²) in [5.74, 6) is 0.415. The van der Waals surface area contributed by atoms with E-state index in [-0.39, 0.29) is 5.56 Å². The van der Waals surface area contributed by atoms with E-state index in [0.29, 0.717) is 18.0 Å². The minimum Gasteiger partial charge on any atom is -0.497 e. The molecule has 0 radical (unpaired) electrons. The number of aromatic carboxylic acids is 1. The maximum atomic E-state index is 11.2. The summed E-state index contributed by atoms with van der Waals surface area (Å²) < 4.78 is 10.2. The van der Waals surface area contributed by atoms with E-state index in [9.17, 15) is 9.90 Å². The van der Waals surface area contributed by atoms with Crippen LogP contribution in [0.25, 0.3) is 0 Å². The third-order valence-corrected chi connectivity index (χ3v) is 3.10. The van der Waals surface area contributed by atoms with E-state index in [1.165, 1.54) is 6.07 Å². The van der Waals surface area contributed by atoms with E-state index in [0.717, 1.165) is 11.3 Å². The summed E-state index contributed by atoms with van der Waals surface area (Å²) >= 11 is 0. The Hall–Kier alpha value is -2.69. The zero-order valence-corrected chi connectivity index (χ0v) is 11.9. The van der Waals surface area contributed by atoms with Gasteiger partial charge in [0.05, 0.1) is 25.5 Å². The van der Waals surface area contributed by atoms with Crippen LogP contribution in [0.2, 0.25) is 0 Å². The number of carboxylic acid groups (broad SMARTS) is 1. The van der Waals surface area contributed by atoms with Crippen LogP contribution >= 0.6 is 0 Å². The largest absolute Gasteiger partial charge is 0.497 e. The van der Waals surface area contributed by atoms with Crippen LogP contribution < -0.4 is 14.8 Å². The monoisotopic (exact) mass is 287 g/mol. The molecule has 0 atom stereocenters. The lowest BCUT2D eigenvalue weighted by Crippen LogP contribution is -2.06. The van der Waals surface area contributed by atoms with Gasteiger partial charge in [0.1, 0.15) is 11.5 Å². The smallest absolute Gasteiger partial charge is 0.337 e. The molecule has 0 saturated carbocycles. The number of anilines is 1. The molecule has 2 rings (SSSR count). The maximum Gasteiger partial charge on any atom is 0.337 e. The molecule has 0 aliphatic heterocycles. The Morgan fingerprint density at radius 2 is 1.67 bits per heavy atom. The number of ether oxygens (including phenoxy) is 2. The predicted octanol–water partition coefficient (Wildman–Crippen LogP) is 3.01. The highest BCUT2D eigenvalue weighted by molar-refractivity contribution is 5.94. The van der Waals surface area contributed by atoms with Crippen molar-refractivity contribution in [2.24, 2.45) is 0 Å². The number of rotatable bonds is 6. The number of carbonyl (C=O) groups is 1. The fourth-order valence-corrected chi connectivity index (χ4v) is 1.92. The molecule has 0 heterocycles. The third kappa shape index (κ3) is 3.66. The molecule has 0 fully saturated rings. The average Bonchev–Trinajstić information content (AvgIpc) is 2.52. The molecule has 110 valence electrons. The highest BCUT2D eigenvalue weighted by Gasteiger charge is 2.11. The van der Waals surface area contributed by atoms with Crippen molar-refractivity contribution in [3.63, 3.8) is 0 Å². The molecule has 5 heteroatoms.